The molecular weight excluding hydrogens is 254 g/mol. The van der Waals surface area contributed by atoms with E-state index >= 15 is 0 Å². The number of fused-ring (bicyclic) bond motifs is 1. The van der Waals surface area contributed by atoms with Crippen LogP contribution in [0.4, 0.5) is 5.69 Å². The molecule has 4 nitrogen and oxygen atoms in total. The lowest BCUT2D eigenvalue weighted by Gasteiger charge is -2.19. The van der Waals surface area contributed by atoms with E-state index in [0.29, 0.717) is 6.61 Å². The van der Waals surface area contributed by atoms with Gasteiger partial charge in [-0.25, -0.2) is 0 Å². The van der Waals surface area contributed by atoms with Gasteiger partial charge in [-0.1, -0.05) is 12.1 Å². The molecule has 4 heteroatoms. The number of amides is 1. The molecule has 0 saturated heterocycles. The molecule has 0 bridgehead atoms. The summed E-state index contributed by atoms with van der Waals surface area (Å²) in [6.07, 6.45) is 4.79. The summed E-state index contributed by atoms with van der Waals surface area (Å²) in [6.45, 7) is 2.11. The van der Waals surface area contributed by atoms with Gasteiger partial charge in [0.25, 0.3) is 0 Å². The van der Waals surface area contributed by atoms with E-state index in [1.807, 2.05) is 12.1 Å². The van der Waals surface area contributed by atoms with Crippen molar-refractivity contribution in [3.8, 4) is 0 Å². The number of hydrogen-bond donors (Lipinski definition) is 1. The number of ether oxygens (including phenoxy) is 1. The van der Waals surface area contributed by atoms with Gasteiger partial charge in [0, 0.05) is 12.1 Å². The van der Waals surface area contributed by atoms with E-state index in [2.05, 4.69) is 11.4 Å². The smallest absolute Gasteiger partial charge is 0.306 e. The molecule has 1 aliphatic rings. The number of rotatable bonds is 5. The molecule has 0 spiro atoms. The molecule has 1 amide bonds. The second-order valence-corrected chi connectivity index (χ2v) is 5.00. The van der Waals surface area contributed by atoms with Gasteiger partial charge in [0.05, 0.1) is 13.0 Å². The van der Waals surface area contributed by atoms with E-state index in [-0.39, 0.29) is 24.7 Å². The molecule has 0 aromatic heterocycles. The van der Waals surface area contributed by atoms with Crippen molar-refractivity contribution in [2.75, 3.05) is 11.9 Å². The molecule has 0 unspecified atom stereocenters. The number of carbonyl (C=O) groups excluding carboxylic acids is 2. The molecule has 1 aromatic rings. The van der Waals surface area contributed by atoms with Crippen molar-refractivity contribution in [2.24, 2.45) is 0 Å². The van der Waals surface area contributed by atoms with Crippen LogP contribution in [-0.4, -0.2) is 18.5 Å². The number of anilines is 1. The summed E-state index contributed by atoms with van der Waals surface area (Å²) < 4.78 is 4.81. The Morgan fingerprint density at radius 1 is 1.20 bits per heavy atom. The average Bonchev–Trinajstić information content (AvgIpc) is 2.46. The first-order valence-corrected chi connectivity index (χ1v) is 7.27. The van der Waals surface area contributed by atoms with Gasteiger partial charge in [-0.2, -0.15) is 0 Å². The number of aryl methyl sites for hydroxylation is 1. The zero-order chi connectivity index (χ0) is 14.4. The third-order valence-electron chi connectivity index (χ3n) is 3.53. The van der Waals surface area contributed by atoms with Gasteiger partial charge in [0.15, 0.2) is 0 Å². The predicted molar refractivity (Wildman–Crippen MR) is 77.6 cm³/mol. The molecule has 0 heterocycles. The standard InChI is InChI=1S/C16H21NO3/c1-2-20-16(19)11-10-15(18)17-14-9-5-7-12-6-3-4-8-13(12)14/h5,7,9H,2-4,6,8,10-11H2,1H3,(H,17,18). The number of benzene rings is 1. The first kappa shape index (κ1) is 14.6. The van der Waals surface area contributed by atoms with E-state index in [1.165, 1.54) is 24.0 Å². The van der Waals surface area contributed by atoms with Gasteiger partial charge in [0.2, 0.25) is 5.91 Å². The van der Waals surface area contributed by atoms with Gasteiger partial charge in [-0.15, -0.1) is 0 Å². The summed E-state index contributed by atoms with van der Waals surface area (Å²) in [4.78, 5) is 23.1. The Kier molecular flexibility index (Phi) is 5.16. The van der Waals surface area contributed by atoms with Gasteiger partial charge < -0.3 is 10.1 Å². The van der Waals surface area contributed by atoms with Crippen LogP contribution in [0.2, 0.25) is 0 Å². The molecule has 108 valence electrons. The molecule has 1 N–H and O–H groups in total. The van der Waals surface area contributed by atoms with Crippen LogP contribution in [0.5, 0.6) is 0 Å². The maximum absolute atomic E-state index is 11.9. The van der Waals surface area contributed by atoms with Crippen LogP contribution in [0.25, 0.3) is 0 Å². The second kappa shape index (κ2) is 7.08. The Bertz CT molecular complexity index is 496. The molecule has 1 aliphatic carbocycles. The van der Waals surface area contributed by atoms with Crippen molar-refractivity contribution in [1.82, 2.24) is 0 Å². The molecular formula is C16H21NO3. The Morgan fingerprint density at radius 2 is 2.00 bits per heavy atom. The topological polar surface area (TPSA) is 55.4 Å². The lowest BCUT2D eigenvalue weighted by Crippen LogP contribution is -2.17. The predicted octanol–water partition coefficient (Wildman–Crippen LogP) is 2.85. The minimum absolute atomic E-state index is 0.128. The van der Waals surface area contributed by atoms with Crippen molar-refractivity contribution in [3.05, 3.63) is 29.3 Å². The van der Waals surface area contributed by atoms with Crippen molar-refractivity contribution in [3.63, 3.8) is 0 Å². The van der Waals surface area contributed by atoms with E-state index in [4.69, 9.17) is 4.74 Å². The Labute approximate surface area is 119 Å². The van der Waals surface area contributed by atoms with Crippen LogP contribution in [0, 0.1) is 0 Å². The lowest BCUT2D eigenvalue weighted by molar-refractivity contribution is -0.144. The zero-order valence-corrected chi connectivity index (χ0v) is 11.9. The average molecular weight is 275 g/mol. The monoisotopic (exact) mass is 275 g/mol. The Morgan fingerprint density at radius 3 is 2.80 bits per heavy atom. The molecule has 0 fully saturated rings. The van der Waals surface area contributed by atoms with Crippen molar-refractivity contribution < 1.29 is 14.3 Å². The van der Waals surface area contributed by atoms with Crippen LogP contribution >= 0.6 is 0 Å². The van der Waals surface area contributed by atoms with Gasteiger partial charge >= 0.3 is 5.97 Å². The second-order valence-electron chi connectivity index (χ2n) is 5.00. The SMILES string of the molecule is CCOC(=O)CCC(=O)Nc1cccc2c1CCCC2. The zero-order valence-electron chi connectivity index (χ0n) is 11.9. The fourth-order valence-corrected chi connectivity index (χ4v) is 2.56. The highest BCUT2D eigenvalue weighted by Gasteiger charge is 2.15. The molecule has 0 aliphatic heterocycles. The normalized spacial score (nSPS) is 13.4. The lowest BCUT2D eigenvalue weighted by atomic mass is 9.90. The molecule has 0 atom stereocenters. The number of carbonyl (C=O) groups is 2. The summed E-state index contributed by atoms with van der Waals surface area (Å²) in [7, 11) is 0. The van der Waals surface area contributed by atoms with Crippen LogP contribution in [0.15, 0.2) is 18.2 Å². The third-order valence-corrected chi connectivity index (χ3v) is 3.53. The molecule has 20 heavy (non-hydrogen) atoms. The highest BCUT2D eigenvalue weighted by Crippen LogP contribution is 2.27. The van der Waals surface area contributed by atoms with E-state index in [9.17, 15) is 9.59 Å². The number of nitrogens with one attached hydrogen (secondary N) is 1. The Balaban J connectivity index is 1.93. The van der Waals surface area contributed by atoms with Gasteiger partial charge in [0.1, 0.15) is 0 Å². The van der Waals surface area contributed by atoms with Gasteiger partial charge in [-0.05, 0) is 49.8 Å². The largest absolute Gasteiger partial charge is 0.466 e. The molecule has 1 aromatic carbocycles. The summed E-state index contributed by atoms with van der Waals surface area (Å²) in [5.41, 5.74) is 3.48. The van der Waals surface area contributed by atoms with E-state index in [1.54, 1.807) is 6.92 Å². The molecule has 2 rings (SSSR count). The first-order valence-electron chi connectivity index (χ1n) is 7.27. The fraction of sp³-hybridized carbons (Fsp3) is 0.500. The summed E-state index contributed by atoms with van der Waals surface area (Å²) >= 11 is 0. The number of hydrogen-bond acceptors (Lipinski definition) is 3. The van der Waals surface area contributed by atoms with E-state index < -0.39 is 0 Å². The van der Waals surface area contributed by atoms with Crippen LogP contribution in [-0.2, 0) is 27.2 Å². The highest BCUT2D eigenvalue weighted by molar-refractivity contribution is 5.93. The van der Waals surface area contributed by atoms with Crippen LogP contribution < -0.4 is 5.32 Å². The summed E-state index contributed by atoms with van der Waals surface area (Å²) in [6, 6.07) is 6.04. The molecule has 0 radical (unpaired) electrons. The maximum atomic E-state index is 11.9. The maximum Gasteiger partial charge on any atom is 0.306 e. The van der Waals surface area contributed by atoms with Crippen molar-refractivity contribution >= 4 is 17.6 Å². The van der Waals surface area contributed by atoms with Crippen LogP contribution in [0.3, 0.4) is 0 Å². The number of esters is 1. The quantitative estimate of drug-likeness (QED) is 0.841. The Hall–Kier alpha value is -1.84. The van der Waals surface area contributed by atoms with Crippen LogP contribution in [0.1, 0.15) is 43.7 Å². The third kappa shape index (κ3) is 3.83. The van der Waals surface area contributed by atoms with E-state index in [0.717, 1.165) is 18.5 Å². The van der Waals surface area contributed by atoms with Gasteiger partial charge in [-0.3, -0.25) is 9.59 Å². The minimum Gasteiger partial charge on any atom is -0.466 e. The summed E-state index contributed by atoms with van der Waals surface area (Å²) in [5, 5.41) is 2.92. The first-order chi connectivity index (χ1) is 9.70. The molecule has 0 saturated carbocycles. The minimum atomic E-state index is -0.322. The fourth-order valence-electron chi connectivity index (χ4n) is 2.56. The summed E-state index contributed by atoms with van der Waals surface area (Å²) in [5.74, 6) is -0.449. The van der Waals surface area contributed by atoms with Crippen molar-refractivity contribution in [1.29, 1.82) is 0 Å². The highest BCUT2D eigenvalue weighted by atomic mass is 16.5. The van der Waals surface area contributed by atoms with Crippen molar-refractivity contribution in [2.45, 2.75) is 45.4 Å².